The first-order chi connectivity index (χ1) is 6.85. The Morgan fingerprint density at radius 1 is 0.929 bits per heavy atom. The van der Waals surface area contributed by atoms with Gasteiger partial charge in [0.2, 0.25) is 0 Å². The molecule has 0 aliphatic heterocycles. The summed E-state index contributed by atoms with van der Waals surface area (Å²) in [7, 11) is 3.20. The van der Waals surface area contributed by atoms with E-state index in [-0.39, 0.29) is 6.54 Å². The van der Waals surface area contributed by atoms with Crippen LogP contribution in [-0.2, 0) is 19.1 Å². The van der Waals surface area contributed by atoms with Gasteiger partial charge < -0.3 is 9.47 Å². The van der Waals surface area contributed by atoms with Gasteiger partial charge in [-0.2, -0.15) is 0 Å². The molecule has 85 valence electrons. The molecular weight excluding hydrogens is 188 g/mol. The topological polar surface area (TPSA) is 64.0 Å². The van der Waals surface area contributed by atoms with Crippen LogP contribution in [0.5, 0.6) is 0 Å². The van der Waals surface area contributed by atoms with Crippen LogP contribution in [0.15, 0.2) is 0 Å². The Bertz CT molecular complexity index is 106. The maximum Gasteiger partial charge on any atom is 0.0945 e. The first-order valence-corrected chi connectivity index (χ1v) is 4.51. The van der Waals surface area contributed by atoms with Crippen molar-refractivity contribution in [1.29, 1.82) is 0 Å². The Morgan fingerprint density at radius 3 is 1.79 bits per heavy atom. The zero-order valence-electron chi connectivity index (χ0n) is 8.82. The van der Waals surface area contributed by atoms with Gasteiger partial charge in [-0.3, -0.25) is 15.4 Å². The molecule has 0 atom stereocenters. The summed E-state index contributed by atoms with van der Waals surface area (Å²) < 4.78 is 9.63. The molecule has 0 aromatic heterocycles. The van der Waals surface area contributed by atoms with E-state index >= 15 is 0 Å². The number of rotatable bonds is 10. The molecule has 1 radical (unpaired) electrons. The van der Waals surface area contributed by atoms with Crippen LogP contribution in [0.2, 0.25) is 0 Å². The smallest absolute Gasteiger partial charge is 0.0945 e. The highest BCUT2D eigenvalue weighted by molar-refractivity contribution is 4.34. The van der Waals surface area contributed by atoms with Crippen LogP contribution in [0, 0.1) is 0 Å². The molecule has 0 saturated heterocycles. The molecule has 0 rings (SSSR count). The third-order valence-electron chi connectivity index (χ3n) is 1.34. The highest BCUT2D eigenvalue weighted by atomic mass is 16.9. The van der Waals surface area contributed by atoms with Gasteiger partial charge in [-0.1, -0.05) is 5.23 Å². The highest BCUT2D eigenvalue weighted by Gasteiger charge is 2.04. The first-order valence-electron chi connectivity index (χ1n) is 4.51. The quantitative estimate of drug-likeness (QED) is 0.364. The lowest BCUT2D eigenvalue weighted by Crippen LogP contribution is -2.30. The van der Waals surface area contributed by atoms with Crippen LogP contribution in [0.4, 0.5) is 0 Å². The number of hydrogen-bond acceptors (Lipinski definition) is 5. The van der Waals surface area contributed by atoms with Crippen LogP contribution in [-0.4, -0.2) is 59.0 Å². The fourth-order valence-corrected chi connectivity index (χ4v) is 0.702. The fourth-order valence-electron chi connectivity index (χ4n) is 0.702. The molecule has 1 N–H and O–H groups in total. The van der Waals surface area contributed by atoms with E-state index in [9.17, 15) is 0 Å². The number of hydrogen-bond donors (Lipinski definition) is 0. The van der Waals surface area contributed by atoms with Crippen LogP contribution in [0.1, 0.15) is 0 Å². The Kier molecular flexibility index (Phi) is 10.7. The van der Waals surface area contributed by atoms with Gasteiger partial charge in [0.1, 0.15) is 0 Å². The lowest BCUT2D eigenvalue weighted by molar-refractivity contribution is -0.370. The van der Waals surface area contributed by atoms with Crippen molar-refractivity contribution < 1.29 is 19.1 Å². The van der Waals surface area contributed by atoms with Crippen molar-refractivity contribution in [2.24, 2.45) is 0 Å². The van der Waals surface area contributed by atoms with Gasteiger partial charge in [-0.05, 0) is 0 Å². The summed E-state index contributed by atoms with van der Waals surface area (Å²) in [4.78, 5) is 10.4. The molecule has 6 heteroatoms. The van der Waals surface area contributed by atoms with Crippen molar-refractivity contribution in [2.45, 2.75) is 0 Å². The number of nitrogens with zero attached hydrogens (tertiary/aromatic N) is 1. The van der Waals surface area contributed by atoms with Gasteiger partial charge in [0.25, 0.3) is 0 Å². The molecule has 0 aliphatic carbocycles. The minimum Gasteiger partial charge on any atom is -0.382 e. The van der Waals surface area contributed by atoms with Crippen molar-refractivity contribution in [3.05, 3.63) is 0 Å². The lowest BCUT2D eigenvalue weighted by Gasteiger charge is -2.19. The number of nitrogens with one attached hydrogen (secondary N) is 1. The van der Waals surface area contributed by atoms with Crippen molar-refractivity contribution in [3.8, 4) is 0 Å². The minimum absolute atomic E-state index is 0.222. The minimum atomic E-state index is 0.222. The maximum atomic E-state index is 7.03. The van der Waals surface area contributed by atoms with Crippen molar-refractivity contribution in [2.75, 3.05) is 53.7 Å². The predicted molar refractivity (Wildman–Crippen MR) is 50.3 cm³/mol. The Morgan fingerprint density at radius 2 is 1.43 bits per heavy atom. The van der Waals surface area contributed by atoms with Crippen molar-refractivity contribution in [3.63, 3.8) is 0 Å². The second kappa shape index (κ2) is 10.8. The van der Waals surface area contributed by atoms with Gasteiger partial charge >= 0.3 is 0 Å². The molecule has 0 aliphatic rings. The number of ether oxygens (including phenoxy) is 2. The van der Waals surface area contributed by atoms with Crippen LogP contribution >= 0.6 is 0 Å². The van der Waals surface area contributed by atoms with Gasteiger partial charge in [0.05, 0.1) is 33.0 Å². The summed E-state index contributed by atoms with van der Waals surface area (Å²) in [5, 5.41) is 1.30. The summed E-state index contributed by atoms with van der Waals surface area (Å²) in [6.07, 6.45) is 0. The van der Waals surface area contributed by atoms with Crippen LogP contribution < -0.4 is 5.73 Å². The second-order valence-electron chi connectivity index (χ2n) is 2.46. The fraction of sp³-hybridized carbons (Fsp3) is 1.00. The molecular formula is C8H19N2O4. The largest absolute Gasteiger partial charge is 0.382 e. The molecule has 0 unspecified atom stereocenters. The van der Waals surface area contributed by atoms with E-state index in [1.54, 1.807) is 14.2 Å². The SMILES string of the molecule is COCCON(CC[NH])OCCOC. The molecule has 14 heavy (non-hydrogen) atoms. The Balaban J connectivity index is 3.44. The van der Waals surface area contributed by atoms with Gasteiger partial charge in [-0.15, -0.1) is 0 Å². The number of hydroxylamine groups is 2. The lowest BCUT2D eigenvalue weighted by atomic mass is 10.7. The van der Waals surface area contributed by atoms with Crippen molar-refractivity contribution >= 4 is 0 Å². The summed E-state index contributed by atoms with van der Waals surface area (Å²) >= 11 is 0. The van der Waals surface area contributed by atoms with E-state index in [1.807, 2.05) is 0 Å². The second-order valence-corrected chi connectivity index (χ2v) is 2.46. The third-order valence-corrected chi connectivity index (χ3v) is 1.34. The summed E-state index contributed by atoms with van der Waals surface area (Å²) in [6, 6.07) is 0. The summed E-state index contributed by atoms with van der Waals surface area (Å²) in [5.41, 5.74) is 7.03. The highest BCUT2D eigenvalue weighted by Crippen LogP contribution is 1.92. The van der Waals surface area contributed by atoms with Crippen LogP contribution in [0.3, 0.4) is 0 Å². The van der Waals surface area contributed by atoms with Gasteiger partial charge in [0.15, 0.2) is 0 Å². The van der Waals surface area contributed by atoms with Gasteiger partial charge in [0, 0.05) is 20.8 Å². The molecule has 0 bridgehead atoms. The average molecular weight is 207 g/mol. The first kappa shape index (κ1) is 13.8. The molecule has 0 heterocycles. The van der Waals surface area contributed by atoms with Crippen LogP contribution in [0.25, 0.3) is 0 Å². The van der Waals surface area contributed by atoms with E-state index in [4.69, 9.17) is 24.9 Å². The standard InChI is InChI=1S/C8H19N2O4/c1-11-5-7-13-10(4-3-9)14-8-6-12-2/h9H,3-8H2,1-2H3. The molecule has 0 aromatic rings. The zero-order chi connectivity index (χ0) is 10.6. The van der Waals surface area contributed by atoms with Gasteiger partial charge in [-0.25, -0.2) is 0 Å². The molecule has 0 amide bonds. The average Bonchev–Trinajstić information content (AvgIpc) is 2.18. The maximum absolute atomic E-state index is 7.03. The molecule has 0 saturated carbocycles. The van der Waals surface area contributed by atoms with Crippen molar-refractivity contribution in [1.82, 2.24) is 11.0 Å². The normalized spacial score (nSPS) is 11.1. The van der Waals surface area contributed by atoms with E-state index in [0.29, 0.717) is 33.0 Å². The summed E-state index contributed by atoms with van der Waals surface area (Å²) in [6.45, 7) is 2.48. The molecule has 6 nitrogen and oxygen atoms in total. The van der Waals surface area contributed by atoms with E-state index in [2.05, 4.69) is 0 Å². The Labute approximate surface area is 84.8 Å². The monoisotopic (exact) mass is 207 g/mol. The van der Waals surface area contributed by atoms with E-state index in [1.165, 1.54) is 5.23 Å². The molecule has 0 spiro atoms. The Hall–Kier alpha value is -0.240. The zero-order valence-corrected chi connectivity index (χ0v) is 8.82. The predicted octanol–water partition coefficient (Wildman–Crippen LogP) is -0.273. The molecule has 0 aromatic carbocycles. The third kappa shape index (κ3) is 8.36. The summed E-state index contributed by atoms with van der Waals surface area (Å²) in [5.74, 6) is 0. The number of methoxy groups -OCH3 is 2. The molecule has 0 fully saturated rings. The van der Waals surface area contributed by atoms with E-state index in [0.717, 1.165) is 0 Å². The van der Waals surface area contributed by atoms with E-state index < -0.39 is 0 Å².